The SMILES string of the molecule is COc1c(F)cc(C(=O)N2C[C@@H]3COC[C@H](C2)N(C)C3)cc1F. The molecule has 0 aliphatic carbocycles. The number of hydrogen-bond acceptors (Lipinski definition) is 4. The third kappa shape index (κ3) is 3.16. The number of amides is 1. The maximum absolute atomic E-state index is 13.8. The first-order valence-corrected chi connectivity index (χ1v) is 7.60. The van der Waals surface area contributed by atoms with E-state index in [-0.39, 0.29) is 23.4 Å². The van der Waals surface area contributed by atoms with E-state index in [0.29, 0.717) is 26.3 Å². The molecule has 0 aromatic heterocycles. The molecule has 126 valence electrons. The Balaban J connectivity index is 1.85. The molecule has 2 atom stereocenters. The second kappa shape index (κ2) is 6.41. The predicted molar refractivity (Wildman–Crippen MR) is 79.5 cm³/mol. The van der Waals surface area contributed by atoms with Crippen LogP contribution in [0.1, 0.15) is 10.4 Å². The van der Waals surface area contributed by atoms with Gasteiger partial charge in [0.25, 0.3) is 5.91 Å². The monoisotopic (exact) mass is 326 g/mol. The van der Waals surface area contributed by atoms with Gasteiger partial charge in [-0.15, -0.1) is 0 Å². The van der Waals surface area contributed by atoms with Crippen LogP contribution in [0.25, 0.3) is 0 Å². The molecular formula is C16H20F2N2O3. The summed E-state index contributed by atoms with van der Waals surface area (Å²) in [5, 5.41) is 0. The lowest BCUT2D eigenvalue weighted by Gasteiger charge is -2.30. The number of benzene rings is 1. The quantitative estimate of drug-likeness (QED) is 0.823. The molecule has 1 aromatic rings. The summed E-state index contributed by atoms with van der Waals surface area (Å²) in [4.78, 5) is 16.5. The summed E-state index contributed by atoms with van der Waals surface area (Å²) in [7, 11) is 3.20. The number of methoxy groups -OCH3 is 1. The zero-order valence-corrected chi connectivity index (χ0v) is 13.2. The Morgan fingerprint density at radius 3 is 2.57 bits per heavy atom. The highest BCUT2D eigenvalue weighted by Gasteiger charge is 2.34. The summed E-state index contributed by atoms with van der Waals surface area (Å²) in [6, 6.07) is 2.16. The van der Waals surface area contributed by atoms with Crippen LogP contribution < -0.4 is 4.74 Å². The van der Waals surface area contributed by atoms with Crippen LogP contribution in [0.4, 0.5) is 8.78 Å². The molecule has 0 saturated carbocycles. The first kappa shape index (κ1) is 16.1. The second-order valence-corrected chi connectivity index (χ2v) is 6.18. The van der Waals surface area contributed by atoms with Gasteiger partial charge in [-0.2, -0.15) is 0 Å². The average molecular weight is 326 g/mol. The van der Waals surface area contributed by atoms with Crippen molar-refractivity contribution >= 4 is 5.91 Å². The van der Waals surface area contributed by atoms with Crippen LogP contribution in [-0.2, 0) is 4.74 Å². The third-order valence-corrected chi connectivity index (χ3v) is 4.48. The third-order valence-electron chi connectivity index (χ3n) is 4.48. The summed E-state index contributed by atoms with van der Waals surface area (Å²) in [6.45, 7) is 3.01. The summed E-state index contributed by atoms with van der Waals surface area (Å²) in [5.41, 5.74) is 0.00402. The molecule has 0 spiro atoms. The molecule has 3 rings (SSSR count). The number of fused-ring (bicyclic) bond motifs is 3. The lowest BCUT2D eigenvalue weighted by molar-refractivity contribution is 0.0433. The fraction of sp³-hybridized carbons (Fsp3) is 0.562. The minimum atomic E-state index is -0.869. The first-order valence-electron chi connectivity index (χ1n) is 7.60. The number of rotatable bonds is 2. The van der Waals surface area contributed by atoms with Gasteiger partial charge in [0.1, 0.15) is 0 Å². The summed E-state index contributed by atoms with van der Waals surface area (Å²) < 4.78 is 38.0. The Kier molecular flexibility index (Phi) is 4.50. The molecule has 2 aliphatic heterocycles. The van der Waals surface area contributed by atoms with E-state index in [4.69, 9.17) is 4.74 Å². The van der Waals surface area contributed by atoms with Gasteiger partial charge in [0.05, 0.1) is 26.4 Å². The van der Waals surface area contributed by atoms with Crippen LogP contribution in [-0.4, -0.2) is 68.8 Å². The molecule has 23 heavy (non-hydrogen) atoms. The maximum Gasteiger partial charge on any atom is 0.254 e. The fourth-order valence-electron chi connectivity index (χ4n) is 3.28. The lowest BCUT2D eigenvalue weighted by atomic mass is 10.1. The Morgan fingerprint density at radius 2 is 1.91 bits per heavy atom. The fourth-order valence-corrected chi connectivity index (χ4v) is 3.28. The maximum atomic E-state index is 13.8. The van der Waals surface area contributed by atoms with E-state index < -0.39 is 17.4 Å². The molecule has 7 heteroatoms. The number of carbonyl (C=O) groups is 1. The van der Waals surface area contributed by atoms with Gasteiger partial charge in [0, 0.05) is 31.1 Å². The van der Waals surface area contributed by atoms with Gasteiger partial charge in [-0.3, -0.25) is 9.69 Å². The van der Waals surface area contributed by atoms with E-state index in [1.807, 2.05) is 7.05 Å². The van der Waals surface area contributed by atoms with Crippen molar-refractivity contribution in [1.29, 1.82) is 0 Å². The van der Waals surface area contributed by atoms with Crippen molar-refractivity contribution in [2.24, 2.45) is 5.92 Å². The molecule has 5 nitrogen and oxygen atoms in total. The van der Waals surface area contributed by atoms with E-state index in [1.54, 1.807) is 4.90 Å². The highest BCUT2D eigenvalue weighted by atomic mass is 19.1. The minimum Gasteiger partial charge on any atom is -0.491 e. The second-order valence-electron chi connectivity index (χ2n) is 6.18. The van der Waals surface area contributed by atoms with Crippen molar-refractivity contribution in [2.45, 2.75) is 6.04 Å². The highest BCUT2D eigenvalue weighted by molar-refractivity contribution is 5.94. The Hall–Kier alpha value is -1.73. The van der Waals surface area contributed by atoms with Gasteiger partial charge in [0.15, 0.2) is 17.4 Å². The molecule has 2 heterocycles. The molecule has 1 aromatic carbocycles. The average Bonchev–Trinajstić information content (AvgIpc) is 2.74. The zero-order chi connectivity index (χ0) is 16.6. The topological polar surface area (TPSA) is 42.0 Å². The van der Waals surface area contributed by atoms with Gasteiger partial charge in [-0.1, -0.05) is 0 Å². The molecule has 2 saturated heterocycles. The van der Waals surface area contributed by atoms with E-state index in [9.17, 15) is 13.6 Å². The van der Waals surface area contributed by atoms with Crippen LogP contribution >= 0.6 is 0 Å². The number of hydrogen-bond donors (Lipinski definition) is 0. The molecule has 2 bridgehead atoms. The standard InChI is InChI=1S/C16H20F2N2O3/c1-19-5-10-6-20(7-12(19)9-23-8-10)16(21)11-3-13(17)15(22-2)14(18)4-11/h3-4,10,12H,5-9H2,1-2H3/t10-,12+/m1/s1. The number of carbonyl (C=O) groups excluding carboxylic acids is 1. The lowest BCUT2D eigenvalue weighted by Crippen LogP contribution is -2.44. The normalized spacial score (nSPS) is 25.1. The Morgan fingerprint density at radius 1 is 1.22 bits per heavy atom. The number of halogens is 2. The van der Waals surface area contributed by atoms with E-state index in [2.05, 4.69) is 9.64 Å². The van der Waals surface area contributed by atoms with E-state index in [0.717, 1.165) is 18.7 Å². The van der Waals surface area contributed by atoms with Gasteiger partial charge >= 0.3 is 0 Å². The molecule has 0 N–H and O–H groups in total. The summed E-state index contributed by atoms with van der Waals surface area (Å²) >= 11 is 0. The minimum absolute atomic E-state index is 0.00402. The number of likely N-dealkylation sites (N-methyl/N-ethyl adjacent to an activating group) is 1. The number of ether oxygens (including phenoxy) is 2. The molecule has 2 fully saturated rings. The zero-order valence-electron chi connectivity index (χ0n) is 13.2. The predicted octanol–water partition coefficient (Wildman–Crippen LogP) is 1.38. The van der Waals surface area contributed by atoms with Crippen LogP contribution in [0.2, 0.25) is 0 Å². The van der Waals surface area contributed by atoms with Crippen molar-refractivity contribution in [1.82, 2.24) is 9.80 Å². The van der Waals surface area contributed by atoms with E-state index >= 15 is 0 Å². The van der Waals surface area contributed by atoms with Gasteiger partial charge < -0.3 is 14.4 Å². The molecule has 0 unspecified atom stereocenters. The Bertz CT molecular complexity index is 588. The van der Waals surface area contributed by atoms with Crippen molar-refractivity contribution in [3.8, 4) is 5.75 Å². The van der Waals surface area contributed by atoms with E-state index in [1.165, 1.54) is 7.11 Å². The van der Waals surface area contributed by atoms with Crippen LogP contribution in [0, 0.1) is 17.6 Å². The molecule has 2 aliphatic rings. The first-order chi connectivity index (χ1) is 11.0. The molecule has 1 amide bonds. The van der Waals surface area contributed by atoms with Gasteiger partial charge in [0.2, 0.25) is 0 Å². The van der Waals surface area contributed by atoms with Crippen LogP contribution in [0.5, 0.6) is 5.75 Å². The van der Waals surface area contributed by atoms with Crippen molar-refractivity contribution < 1.29 is 23.0 Å². The highest BCUT2D eigenvalue weighted by Crippen LogP contribution is 2.25. The Labute approximate surface area is 133 Å². The van der Waals surface area contributed by atoms with Crippen LogP contribution in [0.3, 0.4) is 0 Å². The van der Waals surface area contributed by atoms with Crippen LogP contribution in [0.15, 0.2) is 12.1 Å². The van der Waals surface area contributed by atoms with Gasteiger partial charge in [-0.25, -0.2) is 8.78 Å². The molecular weight excluding hydrogens is 306 g/mol. The smallest absolute Gasteiger partial charge is 0.254 e. The summed E-state index contributed by atoms with van der Waals surface area (Å²) in [5.74, 6) is -2.37. The number of nitrogens with zero attached hydrogens (tertiary/aromatic N) is 2. The van der Waals surface area contributed by atoms with Crippen molar-refractivity contribution in [2.75, 3.05) is 47.0 Å². The van der Waals surface area contributed by atoms with Crippen molar-refractivity contribution in [3.63, 3.8) is 0 Å². The molecule has 0 radical (unpaired) electrons. The van der Waals surface area contributed by atoms with Gasteiger partial charge in [-0.05, 0) is 19.2 Å². The van der Waals surface area contributed by atoms with Crippen molar-refractivity contribution in [3.05, 3.63) is 29.3 Å². The largest absolute Gasteiger partial charge is 0.491 e. The summed E-state index contributed by atoms with van der Waals surface area (Å²) in [6.07, 6.45) is 0.